The average Bonchev–Trinajstić information content (AvgIpc) is 2.45. The maximum atomic E-state index is 12.1. The maximum absolute atomic E-state index is 12.1. The number of hydrogen-bond donors (Lipinski definition) is 1. The first-order chi connectivity index (χ1) is 10.8. The lowest BCUT2D eigenvalue weighted by Gasteiger charge is -2.21. The van der Waals surface area contributed by atoms with Crippen LogP contribution in [0.15, 0.2) is 0 Å². The summed E-state index contributed by atoms with van der Waals surface area (Å²) in [6, 6.07) is -1.04. The molecule has 5 nitrogen and oxygen atoms in total. The van der Waals surface area contributed by atoms with E-state index < -0.39 is 23.7 Å². The second-order valence-electron chi connectivity index (χ2n) is 5.69. The minimum atomic E-state index is -1.04. The van der Waals surface area contributed by atoms with Crippen LogP contribution < -0.4 is 10.1 Å². The summed E-state index contributed by atoms with van der Waals surface area (Å²) >= 11 is 29.6. The molecule has 1 N–H and O–H groups in total. The first-order valence-corrected chi connectivity index (χ1v) is 8.46. The van der Waals surface area contributed by atoms with Crippen LogP contribution in [0.2, 0.25) is 25.1 Å². The van der Waals surface area contributed by atoms with Gasteiger partial charge in [0, 0.05) is 0 Å². The van der Waals surface area contributed by atoms with E-state index in [9.17, 15) is 9.59 Å². The third-order valence-electron chi connectivity index (χ3n) is 2.46. The van der Waals surface area contributed by atoms with Gasteiger partial charge in [-0.25, -0.2) is 9.59 Å². The standard InChI is InChI=1S/C14H14Cl5NO4/c1-5(20-13(22)24-14(2,3)4)12(21)23-11-9(18)7(16)6(15)8(17)10(11)19/h5H,1-4H3,(H,20,22)/t5-/m0/s1. The van der Waals surface area contributed by atoms with Crippen molar-refractivity contribution in [1.82, 2.24) is 5.32 Å². The van der Waals surface area contributed by atoms with Gasteiger partial charge in [-0.2, -0.15) is 0 Å². The molecule has 10 heteroatoms. The first kappa shape index (κ1) is 21.5. The Hall–Kier alpha value is -0.590. The second-order valence-corrected chi connectivity index (χ2v) is 7.58. The molecule has 1 aromatic rings. The molecule has 0 aromatic heterocycles. The highest BCUT2D eigenvalue weighted by Crippen LogP contribution is 2.48. The molecule has 0 radical (unpaired) electrons. The lowest BCUT2D eigenvalue weighted by Crippen LogP contribution is -2.43. The Kier molecular flexibility index (Phi) is 7.32. The highest BCUT2D eigenvalue weighted by Gasteiger charge is 2.26. The van der Waals surface area contributed by atoms with Crippen LogP contribution in [-0.2, 0) is 9.53 Å². The van der Waals surface area contributed by atoms with E-state index in [1.165, 1.54) is 6.92 Å². The highest BCUT2D eigenvalue weighted by molar-refractivity contribution is 6.55. The largest absolute Gasteiger partial charge is 0.444 e. The van der Waals surface area contributed by atoms with Crippen molar-refractivity contribution in [2.45, 2.75) is 39.3 Å². The van der Waals surface area contributed by atoms with Gasteiger partial charge in [-0.15, -0.1) is 0 Å². The number of benzene rings is 1. The molecule has 134 valence electrons. The topological polar surface area (TPSA) is 64.6 Å². The summed E-state index contributed by atoms with van der Waals surface area (Å²) in [6.45, 7) is 6.46. The number of alkyl carbamates (subject to hydrolysis) is 1. The van der Waals surface area contributed by atoms with Crippen LogP contribution >= 0.6 is 58.0 Å². The molecule has 0 saturated carbocycles. The molecule has 1 amide bonds. The normalized spacial score (nSPS) is 12.5. The zero-order valence-corrected chi connectivity index (χ0v) is 16.9. The van der Waals surface area contributed by atoms with Crippen molar-refractivity contribution in [1.29, 1.82) is 0 Å². The van der Waals surface area contributed by atoms with E-state index in [1.807, 2.05) is 0 Å². The zero-order chi connectivity index (χ0) is 18.8. The second kappa shape index (κ2) is 8.19. The molecule has 0 saturated heterocycles. The highest BCUT2D eigenvalue weighted by atomic mass is 35.5. The third kappa shape index (κ3) is 5.46. The van der Waals surface area contributed by atoms with Gasteiger partial charge in [0.05, 0.1) is 15.1 Å². The van der Waals surface area contributed by atoms with Crippen LogP contribution in [0, 0.1) is 0 Å². The Balaban J connectivity index is 2.91. The molecular formula is C14H14Cl5NO4. The minimum absolute atomic E-state index is 0.0620. The van der Waals surface area contributed by atoms with Gasteiger partial charge in [0.1, 0.15) is 21.7 Å². The average molecular weight is 438 g/mol. The monoisotopic (exact) mass is 435 g/mol. The number of nitrogens with one attached hydrogen (secondary N) is 1. The molecule has 0 heterocycles. The molecule has 0 unspecified atom stereocenters. The maximum Gasteiger partial charge on any atom is 0.408 e. The SMILES string of the molecule is C[C@H](NC(=O)OC(C)(C)C)C(=O)Oc1c(Cl)c(Cl)c(Cl)c(Cl)c1Cl. The molecular weight excluding hydrogens is 423 g/mol. The van der Waals surface area contributed by atoms with Crippen molar-refractivity contribution in [2.75, 3.05) is 0 Å². The smallest absolute Gasteiger partial charge is 0.408 e. The van der Waals surface area contributed by atoms with Gasteiger partial charge in [0.25, 0.3) is 0 Å². The molecule has 1 aromatic carbocycles. The predicted octanol–water partition coefficient (Wildman–Crippen LogP) is 5.77. The number of carbonyl (C=O) groups is 2. The van der Waals surface area contributed by atoms with Gasteiger partial charge in [0.15, 0.2) is 5.75 Å². The van der Waals surface area contributed by atoms with Crippen LogP contribution in [0.25, 0.3) is 0 Å². The van der Waals surface area contributed by atoms with Gasteiger partial charge < -0.3 is 14.8 Å². The third-order valence-corrected chi connectivity index (χ3v) is 4.70. The van der Waals surface area contributed by atoms with Crippen molar-refractivity contribution in [3.63, 3.8) is 0 Å². The minimum Gasteiger partial charge on any atom is -0.444 e. The van der Waals surface area contributed by atoms with Crippen molar-refractivity contribution in [3.05, 3.63) is 25.1 Å². The van der Waals surface area contributed by atoms with E-state index in [0.29, 0.717) is 0 Å². The summed E-state index contributed by atoms with van der Waals surface area (Å²) in [6.07, 6.45) is -0.781. The Morgan fingerprint density at radius 3 is 1.75 bits per heavy atom. The predicted molar refractivity (Wildman–Crippen MR) is 96.0 cm³/mol. The fraction of sp³-hybridized carbons (Fsp3) is 0.429. The molecule has 1 rings (SSSR count). The number of amides is 1. The summed E-state index contributed by atoms with van der Waals surface area (Å²) in [5.41, 5.74) is -0.711. The lowest BCUT2D eigenvalue weighted by atomic mass is 10.2. The van der Waals surface area contributed by atoms with E-state index in [2.05, 4.69) is 5.32 Å². The van der Waals surface area contributed by atoms with Gasteiger partial charge in [-0.3, -0.25) is 0 Å². The van der Waals surface area contributed by atoms with Crippen molar-refractivity contribution >= 4 is 70.1 Å². The molecule has 0 aliphatic heterocycles. The van der Waals surface area contributed by atoms with E-state index in [4.69, 9.17) is 67.5 Å². The molecule has 0 fully saturated rings. The van der Waals surface area contributed by atoms with Gasteiger partial charge in [0.2, 0.25) is 0 Å². The van der Waals surface area contributed by atoms with Gasteiger partial charge in [-0.05, 0) is 27.7 Å². The quantitative estimate of drug-likeness (QED) is 0.282. The molecule has 24 heavy (non-hydrogen) atoms. The summed E-state index contributed by atoms with van der Waals surface area (Å²) in [7, 11) is 0. The van der Waals surface area contributed by atoms with Crippen molar-refractivity contribution in [3.8, 4) is 5.75 Å². The zero-order valence-electron chi connectivity index (χ0n) is 13.1. The number of rotatable bonds is 3. The van der Waals surface area contributed by atoms with E-state index in [-0.39, 0.29) is 30.9 Å². The van der Waals surface area contributed by atoms with Crippen LogP contribution in [0.3, 0.4) is 0 Å². The van der Waals surface area contributed by atoms with E-state index >= 15 is 0 Å². The van der Waals surface area contributed by atoms with Crippen molar-refractivity contribution in [2.24, 2.45) is 0 Å². The van der Waals surface area contributed by atoms with Gasteiger partial charge >= 0.3 is 12.1 Å². The number of carbonyl (C=O) groups excluding carboxylic acids is 2. The van der Waals surface area contributed by atoms with E-state index in [1.54, 1.807) is 20.8 Å². The molecule has 1 atom stereocenters. The van der Waals surface area contributed by atoms with Gasteiger partial charge in [-0.1, -0.05) is 58.0 Å². The molecule has 0 aliphatic carbocycles. The number of hydrogen-bond acceptors (Lipinski definition) is 4. The summed E-state index contributed by atoms with van der Waals surface area (Å²) in [4.78, 5) is 23.8. The van der Waals surface area contributed by atoms with Crippen molar-refractivity contribution < 1.29 is 19.1 Å². The number of ether oxygens (including phenoxy) is 2. The Morgan fingerprint density at radius 2 is 1.33 bits per heavy atom. The van der Waals surface area contributed by atoms with E-state index in [0.717, 1.165) is 0 Å². The number of halogens is 5. The fourth-order valence-electron chi connectivity index (χ4n) is 1.41. The van der Waals surface area contributed by atoms with Crippen LogP contribution in [0.1, 0.15) is 27.7 Å². The fourth-order valence-corrected chi connectivity index (χ4v) is 2.60. The molecule has 0 spiro atoms. The Labute approximate surface area is 164 Å². The summed E-state index contributed by atoms with van der Waals surface area (Å²) < 4.78 is 10.1. The Bertz CT molecular complexity index is 643. The van der Waals surface area contributed by atoms with Crippen LogP contribution in [0.4, 0.5) is 4.79 Å². The number of esters is 1. The first-order valence-electron chi connectivity index (χ1n) is 6.57. The summed E-state index contributed by atoms with van der Waals surface area (Å²) in [5.74, 6) is -1.10. The van der Waals surface area contributed by atoms with Crippen LogP contribution in [0.5, 0.6) is 5.75 Å². The Morgan fingerprint density at radius 1 is 0.917 bits per heavy atom. The molecule has 0 bridgehead atoms. The molecule has 0 aliphatic rings. The lowest BCUT2D eigenvalue weighted by molar-refractivity contribution is -0.136. The van der Waals surface area contributed by atoms with Crippen LogP contribution in [-0.4, -0.2) is 23.7 Å². The summed E-state index contributed by atoms with van der Waals surface area (Å²) in [5, 5.41) is 1.70.